The summed E-state index contributed by atoms with van der Waals surface area (Å²) in [6, 6.07) is 4.85. The fourth-order valence-corrected chi connectivity index (χ4v) is 1.56. The van der Waals surface area contributed by atoms with Crippen LogP contribution in [0.15, 0.2) is 18.2 Å². The van der Waals surface area contributed by atoms with Gasteiger partial charge >= 0.3 is 6.03 Å². The average Bonchev–Trinajstić information content (AvgIpc) is 2.34. The van der Waals surface area contributed by atoms with Gasteiger partial charge in [-0.25, -0.2) is 4.79 Å². The Morgan fingerprint density at radius 3 is 2.83 bits per heavy atom. The predicted octanol–water partition coefficient (Wildman–Crippen LogP) is 1.53. The molecule has 2 amide bonds. The second kappa shape index (κ2) is 7.08. The number of methoxy groups -OCH3 is 1. The lowest BCUT2D eigenvalue weighted by Crippen LogP contribution is -2.38. The number of amides is 2. The van der Waals surface area contributed by atoms with Crippen LogP contribution in [0.3, 0.4) is 0 Å². The molecule has 0 aromatic heterocycles. The van der Waals surface area contributed by atoms with Gasteiger partial charge in [-0.3, -0.25) is 0 Å². The van der Waals surface area contributed by atoms with Crippen LogP contribution in [0.25, 0.3) is 0 Å². The molecule has 0 spiro atoms. The van der Waals surface area contributed by atoms with Crippen LogP contribution in [0, 0.1) is 0 Å². The number of halogens is 1. The van der Waals surface area contributed by atoms with E-state index in [1.807, 2.05) is 0 Å². The average molecular weight is 273 g/mol. The van der Waals surface area contributed by atoms with Gasteiger partial charge in [0.15, 0.2) is 0 Å². The molecule has 6 heteroatoms. The van der Waals surface area contributed by atoms with Crippen molar-refractivity contribution in [1.82, 2.24) is 10.6 Å². The Labute approximate surface area is 111 Å². The van der Waals surface area contributed by atoms with Gasteiger partial charge in [-0.2, -0.15) is 0 Å². The van der Waals surface area contributed by atoms with E-state index in [9.17, 15) is 4.79 Å². The molecular formula is C12H17ClN2O3. The van der Waals surface area contributed by atoms with Crippen LogP contribution in [-0.4, -0.2) is 30.9 Å². The summed E-state index contributed by atoms with van der Waals surface area (Å²) >= 11 is 5.87. The summed E-state index contributed by atoms with van der Waals surface area (Å²) in [6.45, 7) is 2.11. The number of urea groups is 1. The fraction of sp³-hybridized carbons (Fsp3) is 0.417. The van der Waals surface area contributed by atoms with Crippen molar-refractivity contribution in [3.05, 3.63) is 28.8 Å². The van der Waals surface area contributed by atoms with Gasteiger partial charge in [0.2, 0.25) is 0 Å². The van der Waals surface area contributed by atoms with Crippen LogP contribution in [-0.2, 0) is 6.54 Å². The van der Waals surface area contributed by atoms with Gasteiger partial charge < -0.3 is 20.5 Å². The largest absolute Gasteiger partial charge is 0.496 e. The molecule has 18 heavy (non-hydrogen) atoms. The van der Waals surface area contributed by atoms with Gasteiger partial charge in [0, 0.05) is 23.7 Å². The van der Waals surface area contributed by atoms with Gasteiger partial charge in [-0.05, 0) is 25.1 Å². The minimum absolute atomic E-state index is 0.207. The van der Waals surface area contributed by atoms with E-state index in [4.69, 9.17) is 21.4 Å². The number of hydrogen-bond donors (Lipinski definition) is 3. The van der Waals surface area contributed by atoms with Crippen molar-refractivity contribution in [1.29, 1.82) is 0 Å². The number of aliphatic hydroxyl groups is 1. The smallest absolute Gasteiger partial charge is 0.315 e. The quantitative estimate of drug-likeness (QED) is 0.761. The topological polar surface area (TPSA) is 70.6 Å². The Kier molecular flexibility index (Phi) is 5.74. The van der Waals surface area contributed by atoms with E-state index < -0.39 is 6.10 Å². The van der Waals surface area contributed by atoms with E-state index in [2.05, 4.69) is 10.6 Å². The second-order valence-corrected chi connectivity index (χ2v) is 4.31. The summed E-state index contributed by atoms with van der Waals surface area (Å²) in [5, 5.41) is 14.8. The molecule has 1 aromatic carbocycles. The summed E-state index contributed by atoms with van der Waals surface area (Å²) in [5.74, 6) is 0.662. The zero-order valence-electron chi connectivity index (χ0n) is 10.4. The second-order valence-electron chi connectivity index (χ2n) is 3.87. The number of ether oxygens (including phenoxy) is 1. The molecule has 0 radical (unpaired) electrons. The highest BCUT2D eigenvalue weighted by molar-refractivity contribution is 6.30. The van der Waals surface area contributed by atoms with Gasteiger partial charge in [0.05, 0.1) is 13.2 Å². The van der Waals surface area contributed by atoms with Crippen LogP contribution in [0.4, 0.5) is 4.79 Å². The number of carbonyl (C=O) groups excluding carboxylic acids is 1. The lowest BCUT2D eigenvalue weighted by atomic mass is 10.2. The lowest BCUT2D eigenvalue weighted by Gasteiger charge is -2.11. The van der Waals surface area contributed by atoms with Crippen molar-refractivity contribution in [3.8, 4) is 5.75 Å². The summed E-state index contributed by atoms with van der Waals surface area (Å²) in [7, 11) is 1.56. The predicted molar refractivity (Wildman–Crippen MR) is 69.9 cm³/mol. The first-order valence-corrected chi connectivity index (χ1v) is 5.93. The molecule has 3 N–H and O–H groups in total. The lowest BCUT2D eigenvalue weighted by molar-refractivity contribution is 0.187. The summed E-state index contributed by atoms with van der Waals surface area (Å²) in [4.78, 5) is 11.4. The standard InChI is InChI=1S/C12H17ClN2O3/c1-8(16)6-14-12(17)15-7-9-5-10(13)3-4-11(9)18-2/h3-5,8,16H,6-7H2,1-2H3,(H2,14,15,17)/t8-/m0/s1. The van der Waals surface area contributed by atoms with Crippen LogP contribution in [0.2, 0.25) is 5.02 Å². The SMILES string of the molecule is COc1ccc(Cl)cc1CNC(=O)NC[C@H](C)O. The van der Waals surface area contributed by atoms with Crippen molar-refractivity contribution >= 4 is 17.6 Å². The van der Waals surface area contributed by atoms with Crippen molar-refractivity contribution in [3.63, 3.8) is 0 Å². The van der Waals surface area contributed by atoms with Crippen molar-refractivity contribution in [2.45, 2.75) is 19.6 Å². The Bertz CT molecular complexity index is 410. The van der Waals surface area contributed by atoms with E-state index in [1.54, 1.807) is 32.2 Å². The Morgan fingerprint density at radius 2 is 2.22 bits per heavy atom. The molecular weight excluding hydrogens is 256 g/mol. The highest BCUT2D eigenvalue weighted by Crippen LogP contribution is 2.22. The molecule has 0 aliphatic rings. The number of aliphatic hydroxyl groups excluding tert-OH is 1. The number of nitrogens with one attached hydrogen (secondary N) is 2. The van der Waals surface area contributed by atoms with Crippen LogP contribution >= 0.6 is 11.6 Å². The molecule has 1 atom stereocenters. The maximum atomic E-state index is 11.4. The minimum Gasteiger partial charge on any atom is -0.496 e. The first-order valence-electron chi connectivity index (χ1n) is 5.55. The zero-order valence-corrected chi connectivity index (χ0v) is 11.1. The molecule has 0 fully saturated rings. The molecule has 0 saturated heterocycles. The van der Waals surface area contributed by atoms with Gasteiger partial charge in [-0.15, -0.1) is 0 Å². The molecule has 0 aliphatic carbocycles. The maximum Gasteiger partial charge on any atom is 0.315 e. The molecule has 0 unspecified atom stereocenters. The van der Waals surface area contributed by atoms with Gasteiger partial charge in [0.25, 0.3) is 0 Å². The molecule has 1 aromatic rings. The number of hydrogen-bond acceptors (Lipinski definition) is 3. The fourth-order valence-electron chi connectivity index (χ4n) is 1.36. The van der Waals surface area contributed by atoms with Crippen molar-refractivity contribution in [2.24, 2.45) is 0 Å². The van der Waals surface area contributed by atoms with Gasteiger partial charge in [0.1, 0.15) is 5.75 Å². The highest BCUT2D eigenvalue weighted by atomic mass is 35.5. The molecule has 100 valence electrons. The Balaban J connectivity index is 2.52. The third kappa shape index (κ3) is 4.81. The van der Waals surface area contributed by atoms with E-state index in [0.29, 0.717) is 17.3 Å². The first kappa shape index (κ1) is 14.6. The monoisotopic (exact) mass is 272 g/mol. The molecule has 0 aliphatic heterocycles. The van der Waals surface area contributed by atoms with Crippen molar-refractivity contribution in [2.75, 3.05) is 13.7 Å². The summed E-state index contributed by atoms with van der Waals surface area (Å²) in [6.07, 6.45) is -0.573. The molecule has 0 saturated carbocycles. The third-order valence-corrected chi connectivity index (χ3v) is 2.47. The van der Waals surface area contributed by atoms with Crippen LogP contribution in [0.5, 0.6) is 5.75 Å². The number of rotatable bonds is 5. The molecule has 5 nitrogen and oxygen atoms in total. The van der Waals surface area contributed by atoms with Crippen LogP contribution in [0.1, 0.15) is 12.5 Å². The van der Waals surface area contributed by atoms with Crippen molar-refractivity contribution < 1.29 is 14.6 Å². The van der Waals surface area contributed by atoms with E-state index in [0.717, 1.165) is 5.56 Å². The summed E-state index contributed by atoms with van der Waals surface area (Å²) in [5.41, 5.74) is 0.789. The molecule has 1 rings (SSSR count). The summed E-state index contributed by atoms with van der Waals surface area (Å²) < 4.78 is 5.16. The van der Waals surface area contributed by atoms with Gasteiger partial charge in [-0.1, -0.05) is 11.6 Å². The zero-order chi connectivity index (χ0) is 13.5. The highest BCUT2D eigenvalue weighted by Gasteiger charge is 2.06. The molecule has 0 bridgehead atoms. The first-order chi connectivity index (χ1) is 8.52. The third-order valence-electron chi connectivity index (χ3n) is 2.24. The van der Waals surface area contributed by atoms with E-state index in [-0.39, 0.29) is 12.6 Å². The normalized spacial score (nSPS) is 11.8. The van der Waals surface area contributed by atoms with Crippen LogP contribution < -0.4 is 15.4 Å². The number of carbonyl (C=O) groups is 1. The Morgan fingerprint density at radius 1 is 1.50 bits per heavy atom. The Hall–Kier alpha value is -1.46. The van der Waals surface area contributed by atoms with E-state index in [1.165, 1.54) is 0 Å². The molecule has 0 heterocycles. The minimum atomic E-state index is -0.573. The number of benzene rings is 1. The maximum absolute atomic E-state index is 11.4. The van der Waals surface area contributed by atoms with E-state index >= 15 is 0 Å².